The highest BCUT2D eigenvalue weighted by atomic mass is 16.5. The first-order valence-electron chi connectivity index (χ1n) is 5.54. The summed E-state index contributed by atoms with van der Waals surface area (Å²) in [6.45, 7) is 1.19. The number of nitrogens with one attached hydrogen (secondary N) is 1. The molecule has 2 aromatic heterocycles. The maximum absolute atomic E-state index is 10.7. The van der Waals surface area contributed by atoms with Crippen LogP contribution in [0.3, 0.4) is 0 Å². The van der Waals surface area contributed by atoms with Gasteiger partial charge in [0, 0.05) is 26.0 Å². The van der Waals surface area contributed by atoms with Crippen LogP contribution in [0.5, 0.6) is 0 Å². The van der Waals surface area contributed by atoms with E-state index in [2.05, 4.69) is 20.3 Å². The lowest BCUT2D eigenvalue weighted by Gasteiger charge is -2.06. The second-order valence-corrected chi connectivity index (χ2v) is 3.63. The molecule has 19 heavy (non-hydrogen) atoms. The Kier molecular flexibility index (Phi) is 4.04. The molecule has 0 saturated carbocycles. The molecular formula is C11H13N5O3. The number of aromatic nitrogens is 4. The van der Waals surface area contributed by atoms with Gasteiger partial charge in [0.05, 0.1) is 6.61 Å². The molecule has 2 aromatic rings. The van der Waals surface area contributed by atoms with Gasteiger partial charge in [-0.25, -0.2) is 14.8 Å². The number of ether oxygens (including phenoxy) is 1. The largest absolute Gasteiger partial charge is 0.476 e. The van der Waals surface area contributed by atoms with E-state index < -0.39 is 5.97 Å². The lowest BCUT2D eigenvalue weighted by Crippen LogP contribution is -2.10. The number of rotatable bonds is 6. The molecule has 0 fully saturated rings. The van der Waals surface area contributed by atoms with E-state index in [-0.39, 0.29) is 5.69 Å². The van der Waals surface area contributed by atoms with Gasteiger partial charge in [-0.1, -0.05) is 0 Å². The molecule has 0 aliphatic carbocycles. The van der Waals surface area contributed by atoms with E-state index in [1.54, 1.807) is 19.4 Å². The van der Waals surface area contributed by atoms with E-state index in [4.69, 9.17) is 9.84 Å². The zero-order valence-corrected chi connectivity index (χ0v) is 10.3. The van der Waals surface area contributed by atoms with Gasteiger partial charge in [0.1, 0.15) is 12.1 Å². The van der Waals surface area contributed by atoms with Crippen LogP contribution in [-0.4, -0.2) is 50.9 Å². The lowest BCUT2D eigenvalue weighted by atomic mass is 10.5. The van der Waals surface area contributed by atoms with Gasteiger partial charge in [-0.2, -0.15) is 4.98 Å². The van der Waals surface area contributed by atoms with Gasteiger partial charge in [-0.3, -0.25) is 4.57 Å². The van der Waals surface area contributed by atoms with Gasteiger partial charge in [-0.05, 0) is 6.07 Å². The molecule has 8 heteroatoms. The number of carboxylic acid groups (broad SMARTS) is 1. The molecule has 0 amide bonds. The summed E-state index contributed by atoms with van der Waals surface area (Å²) in [5.41, 5.74) is -0.0543. The number of aromatic carboxylic acids is 1. The van der Waals surface area contributed by atoms with E-state index in [0.717, 1.165) is 0 Å². The summed E-state index contributed by atoms with van der Waals surface area (Å²) in [6, 6.07) is 1.72. The van der Waals surface area contributed by atoms with Crippen molar-refractivity contribution in [3.8, 4) is 5.95 Å². The van der Waals surface area contributed by atoms with E-state index in [1.165, 1.54) is 17.1 Å². The second kappa shape index (κ2) is 5.91. The predicted octanol–water partition coefficient (Wildman–Crippen LogP) is 0.419. The van der Waals surface area contributed by atoms with Gasteiger partial charge >= 0.3 is 5.97 Å². The molecule has 2 N–H and O–H groups in total. The van der Waals surface area contributed by atoms with Crippen molar-refractivity contribution < 1.29 is 14.6 Å². The quantitative estimate of drug-likeness (QED) is 0.728. The summed E-state index contributed by atoms with van der Waals surface area (Å²) in [5, 5.41) is 11.9. The zero-order valence-electron chi connectivity index (χ0n) is 10.3. The van der Waals surface area contributed by atoms with E-state index >= 15 is 0 Å². The molecule has 0 unspecified atom stereocenters. The average Bonchev–Trinajstić information content (AvgIpc) is 2.89. The van der Waals surface area contributed by atoms with Crippen molar-refractivity contribution in [2.45, 2.75) is 0 Å². The third-order valence-electron chi connectivity index (χ3n) is 2.29. The highest BCUT2D eigenvalue weighted by Crippen LogP contribution is 2.07. The van der Waals surface area contributed by atoms with E-state index in [9.17, 15) is 4.79 Å². The first-order valence-corrected chi connectivity index (χ1v) is 5.54. The number of imidazole rings is 1. The van der Waals surface area contributed by atoms with Crippen LogP contribution in [-0.2, 0) is 4.74 Å². The number of nitrogens with zero attached hydrogens (tertiary/aromatic N) is 4. The normalized spacial score (nSPS) is 10.4. The summed E-state index contributed by atoms with van der Waals surface area (Å²) in [5.74, 6) is -0.108. The highest BCUT2D eigenvalue weighted by molar-refractivity contribution is 5.85. The van der Waals surface area contributed by atoms with Gasteiger partial charge in [0.2, 0.25) is 5.95 Å². The van der Waals surface area contributed by atoms with Crippen molar-refractivity contribution in [1.29, 1.82) is 0 Å². The standard InChI is InChI=1S/C11H13N5O3/c1-19-5-4-12-9-2-3-13-11(15-9)16-6-8(10(17)18)14-7-16/h2-3,6-7H,4-5H2,1H3,(H,17,18)(H,12,13,15). The SMILES string of the molecule is COCCNc1ccnc(-n2cnc(C(=O)O)c2)n1. The topological polar surface area (TPSA) is 102 Å². The summed E-state index contributed by atoms with van der Waals surface area (Å²) in [7, 11) is 1.62. The van der Waals surface area contributed by atoms with E-state index in [1.807, 2.05) is 0 Å². The molecule has 0 atom stereocenters. The monoisotopic (exact) mass is 263 g/mol. The van der Waals surface area contributed by atoms with Gasteiger partial charge in [0.25, 0.3) is 0 Å². The molecular weight excluding hydrogens is 250 g/mol. The molecule has 0 aliphatic rings. The predicted molar refractivity (Wildman–Crippen MR) is 66.5 cm³/mol. The molecule has 2 rings (SSSR count). The first-order chi connectivity index (χ1) is 9.20. The maximum atomic E-state index is 10.7. The zero-order chi connectivity index (χ0) is 13.7. The number of anilines is 1. The van der Waals surface area contributed by atoms with Crippen LogP contribution in [0.4, 0.5) is 5.82 Å². The maximum Gasteiger partial charge on any atom is 0.356 e. The number of carbonyl (C=O) groups is 1. The molecule has 0 radical (unpaired) electrons. The number of methoxy groups -OCH3 is 1. The number of carboxylic acids is 1. The first kappa shape index (κ1) is 13.0. The Morgan fingerprint density at radius 2 is 2.37 bits per heavy atom. The third kappa shape index (κ3) is 3.26. The summed E-state index contributed by atoms with van der Waals surface area (Å²) in [6.07, 6.45) is 4.30. The molecule has 100 valence electrons. The van der Waals surface area contributed by atoms with Crippen molar-refractivity contribution in [1.82, 2.24) is 19.5 Å². The summed E-state index contributed by atoms with van der Waals surface area (Å²) in [4.78, 5) is 22.8. The van der Waals surface area contributed by atoms with Crippen LogP contribution in [0.2, 0.25) is 0 Å². The van der Waals surface area contributed by atoms with Gasteiger partial charge < -0.3 is 15.2 Å². The second-order valence-electron chi connectivity index (χ2n) is 3.63. The van der Waals surface area contributed by atoms with Crippen LogP contribution >= 0.6 is 0 Å². The molecule has 8 nitrogen and oxygen atoms in total. The van der Waals surface area contributed by atoms with Crippen LogP contribution in [0, 0.1) is 0 Å². The van der Waals surface area contributed by atoms with Crippen LogP contribution in [0.15, 0.2) is 24.8 Å². The van der Waals surface area contributed by atoms with Crippen molar-refractivity contribution in [3.63, 3.8) is 0 Å². The smallest absolute Gasteiger partial charge is 0.356 e. The Balaban J connectivity index is 2.15. The number of hydrogen-bond donors (Lipinski definition) is 2. The van der Waals surface area contributed by atoms with Crippen LogP contribution < -0.4 is 5.32 Å². The van der Waals surface area contributed by atoms with E-state index in [0.29, 0.717) is 24.9 Å². The Hall–Kier alpha value is -2.48. The Bertz CT molecular complexity index is 569. The molecule has 2 heterocycles. The third-order valence-corrected chi connectivity index (χ3v) is 2.29. The molecule has 0 bridgehead atoms. The van der Waals surface area contributed by atoms with Gasteiger partial charge in [-0.15, -0.1) is 0 Å². The fourth-order valence-electron chi connectivity index (χ4n) is 1.40. The van der Waals surface area contributed by atoms with Crippen molar-refractivity contribution in [2.24, 2.45) is 0 Å². The fourth-order valence-corrected chi connectivity index (χ4v) is 1.40. The van der Waals surface area contributed by atoms with Crippen LogP contribution in [0.25, 0.3) is 5.95 Å². The average molecular weight is 263 g/mol. The molecule has 0 spiro atoms. The Labute approximate surface area is 109 Å². The van der Waals surface area contributed by atoms with Gasteiger partial charge in [0.15, 0.2) is 5.69 Å². The lowest BCUT2D eigenvalue weighted by molar-refractivity contribution is 0.0691. The molecule has 0 aliphatic heterocycles. The molecule has 0 aromatic carbocycles. The Morgan fingerprint density at radius 1 is 1.53 bits per heavy atom. The molecule has 0 saturated heterocycles. The van der Waals surface area contributed by atoms with Crippen LogP contribution in [0.1, 0.15) is 10.5 Å². The fraction of sp³-hybridized carbons (Fsp3) is 0.273. The summed E-state index contributed by atoms with van der Waals surface area (Å²) >= 11 is 0. The number of hydrogen-bond acceptors (Lipinski definition) is 6. The van der Waals surface area contributed by atoms with Crippen molar-refractivity contribution in [3.05, 3.63) is 30.5 Å². The highest BCUT2D eigenvalue weighted by Gasteiger charge is 2.09. The van der Waals surface area contributed by atoms with Crippen molar-refractivity contribution >= 4 is 11.8 Å². The minimum absolute atomic E-state index is 0.0543. The minimum atomic E-state index is -1.09. The Morgan fingerprint density at radius 3 is 3.05 bits per heavy atom. The minimum Gasteiger partial charge on any atom is -0.476 e. The van der Waals surface area contributed by atoms with Crippen molar-refractivity contribution in [2.75, 3.05) is 25.6 Å². The summed E-state index contributed by atoms with van der Waals surface area (Å²) < 4.78 is 6.37.